The molecule has 1 fully saturated rings. The number of carbonyl (C=O) groups is 1. The van der Waals surface area contributed by atoms with Crippen LogP contribution in [0.2, 0.25) is 0 Å². The molecule has 1 aromatic rings. The van der Waals surface area contributed by atoms with E-state index in [1.54, 1.807) is 20.1 Å². The van der Waals surface area contributed by atoms with Crippen molar-refractivity contribution in [1.29, 1.82) is 0 Å². The van der Waals surface area contributed by atoms with Gasteiger partial charge in [0.1, 0.15) is 16.6 Å². The number of hydrogen-bond acceptors (Lipinski definition) is 13. The molecule has 3 rings (SSSR count). The van der Waals surface area contributed by atoms with E-state index in [4.69, 9.17) is 24.9 Å². The molecule has 1 aromatic heterocycles. The number of aliphatic imine (C=N–C) groups is 1. The summed E-state index contributed by atoms with van der Waals surface area (Å²) < 4.78 is 22.7. The minimum absolute atomic E-state index is 0.00290. The first kappa shape index (κ1) is 26.5. The fourth-order valence-electron chi connectivity index (χ4n) is 3.40. The molecule has 15 heteroatoms. The maximum Gasteiger partial charge on any atom is 0.385 e. The monoisotopic (exact) mass is 518 g/mol. The Kier molecular flexibility index (Phi) is 9.04. The van der Waals surface area contributed by atoms with E-state index in [0.717, 1.165) is 30.2 Å². The van der Waals surface area contributed by atoms with E-state index >= 15 is 0 Å². The number of carboxylic acid groups (broad SMARTS) is 1. The van der Waals surface area contributed by atoms with E-state index in [-0.39, 0.29) is 30.1 Å². The molecule has 1 atom stereocenters. The zero-order chi connectivity index (χ0) is 24.8. The van der Waals surface area contributed by atoms with Crippen LogP contribution in [0.3, 0.4) is 0 Å². The lowest BCUT2D eigenvalue weighted by Crippen LogP contribution is -2.52. The fourth-order valence-corrected chi connectivity index (χ4v) is 5.51. The molecule has 0 radical (unpaired) electrons. The highest BCUT2D eigenvalue weighted by atomic mass is 32.1. The molecule has 0 spiro atoms. The van der Waals surface area contributed by atoms with Crippen molar-refractivity contribution < 1.29 is 33.6 Å². The molecule has 13 nitrogen and oxygen atoms in total. The maximum atomic E-state index is 12.7. The van der Waals surface area contributed by atoms with Crippen LogP contribution in [0.25, 0.3) is 0 Å². The Morgan fingerprint density at radius 2 is 1.91 bits per heavy atom. The van der Waals surface area contributed by atoms with Crippen LogP contribution in [0.5, 0.6) is 0 Å². The Morgan fingerprint density at radius 3 is 2.47 bits per heavy atom. The number of nitrogens with two attached hydrogens (primary N) is 1. The summed E-state index contributed by atoms with van der Waals surface area (Å²) in [4.78, 5) is 34.1. The Hall–Kier alpha value is -2.06. The Balaban J connectivity index is 1.55. The van der Waals surface area contributed by atoms with Crippen molar-refractivity contribution in [2.45, 2.75) is 26.4 Å². The molecule has 0 saturated carbocycles. The van der Waals surface area contributed by atoms with E-state index in [2.05, 4.69) is 25.1 Å². The molecule has 1 unspecified atom stereocenters. The third-order valence-corrected chi connectivity index (χ3v) is 7.85. The first-order chi connectivity index (χ1) is 16.2. The van der Waals surface area contributed by atoms with Gasteiger partial charge in [0.05, 0.1) is 19.4 Å². The predicted molar refractivity (Wildman–Crippen MR) is 126 cm³/mol. The Labute approximate surface area is 201 Å². The van der Waals surface area contributed by atoms with Gasteiger partial charge in [-0.3, -0.25) is 14.5 Å². The summed E-state index contributed by atoms with van der Waals surface area (Å²) >= 11 is 1.01. The lowest BCUT2D eigenvalue weighted by Gasteiger charge is -2.40. The minimum Gasteiger partial charge on any atom is -0.477 e. The van der Waals surface area contributed by atoms with Crippen LogP contribution >= 0.6 is 18.9 Å². The van der Waals surface area contributed by atoms with Crippen molar-refractivity contribution in [3.8, 4) is 0 Å². The summed E-state index contributed by atoms with van der Waals surface area (Å²) in [5.41, 5.74) is 4.85. The van der Waals surface area contributed by atoms with Crippen LogP contribution in [0.1, 0.15) is 35.5 Å². The van der Waals surface area contributed by atoms with Gasteiger partial charge < -0.3 is 21.1 Å². The Bertz CT molecular complexity index is 953. The zero-order valence-corrected chi connectivity index (χ0v) is 21.1. The quantitative estimate of drug-likeness (QED) is 0.210. The average Bonchev–Trinajstić information content (AvgIpc) is 3.24. The van der Waals surface area contributed by atoms with Gasteiger partial charge in [-0.1, -0.05) is 0 Å². The van der Waals surface area contributed by atoms with Crippen molar-refractivity contribution in [3.05, 3.63) is 21.8 Å². The fraction of sp³-hybridized carbons (Fsp3) is 0.632. The van der Waals surface area contributed by atoms with E-state index < -0.39 is 19.2 Å². The molecule has 0 aromatic carbocycles. The van der Waals surface area contributed by atoms with E-state index in [1.165, 1.54) is 0 Å². The number of thiazole rings is 1. The van der Waals surface area contributed by atoms with Crippen molar-refractivity contribution in [2.24, 2.45) is 4.99 Å². The number of aromatic carboxylic acids is 1. The van der Waals surface area contributed by atoms with Gasteiger partial charge in [-0.2, -0.15) is 0 Å². The van der Waals surface area contributed by atoms with Gasteiger partial charge in [-0.05, 0) is 26.8 Å². The lowest BCUT2D eigenvalue weighted by molar-refractivity contribution is -0.263. The number of carboxylic acids is 1. The first-order valence-corrected chi connectivity index (χ1v) is 13.5. The summed E-state index contributed by atoms with van der Waals surface area (Å²) in [5, 5.41) is 13.1. The van der Waals surface area contributed by atoms with Gasteiger partial charge in [0, 0.05) is 38.9 Å². The third-order valence-electron chi connectivity index (χ3n) is 5.17. The molecule has 190 valence electrons. The normalized spacial score (nSPS) is 21.4. The summed E-state index contributed by atoms with van der Waals surface area (Å²) in [6.07, 6.45) is 3.69. The predicted octanol–water partition coefficient (Wildman–Crippen LogP) is 1.86. The number of nitrogens with zero attached hydrogens (tertiary/aromatic N) is 4. The smallest absolute Gasteiger partial charge is 0.385 e. The minimum atomic E-state index is -3.52. The highest BCUT2D eigenvalue weighted by Gasteiger charge is 2.35. The lowest BCUT2D eigenvalue weighted by atomic mass is 10.2. The molecular weight excluding hydrogens is 487 g/mol. The van der Waals surface area contributed by atoms with Crippen molar-refractivity contribution in [3.63, 3.8) is 0 Å². The van der Waals surface area contributed by atoms with E-state index in [9.17, 15) is 14.5 Å². The third kappa shape index (κ3) is 6.54. The molecule has 0 aliphatic carbocycles. The second-order valence-corrected chi connectivity index (χ2v) is 10.7. The van der Waals surface area contributed by atoms with Crippen LogP contribution in [0.4, 0.5) is 5.82 Å². The Morgan fingerprint density at radius 1 is 1.26 bits per heavy atom. The number of anilines is 1. The molecule has 2 aliphatic heterocycles. The number of nitrogen functional groups attached to an aromatic ring is 1. The number of hydrogen-bond donors (Lipinski definition) is 3. The van der Waals surface area contributed by atoms with Crippen LogP contribution < -0.4 is 11.1 Å². The van der Waals surface area contributed by atoms with Gasteiger partial charge in [-0.25, -0.2) is 19.6 Å². The standard InChI is InChI=1S/C19H31N6O7PS/c1-4-29-31-33(28,32-30-5-2)13-12-24-8-10-25(11-9-24)14-6-7-21-19(3,23-14)18-22-16(20)15(34-18)17(26)27/h6-7,23H,4-5,8-13,20H2,1-3H3,(H,26,27). The van der Waals surface area contributed by atoms with Crippen molar-refractivity contribution in [1.82, 2.24) is 20.1 Å². The second kappa shape index (κ2) is 11.6. The van der Waals surface area contributed by atoms with Crippen LogP contribution in [0.15, 0.2) is 16.9 Å². The molecule has 34 heavy (non-hydrogen) atoms. The highest BCUT2D eigenvalue weighted by molar-refractivity contribution is 7.53. The van der Waals surface area contributed by atoms with E-state index in [0.29, 0.717) is 24.6 Å². The van der Waals surface area contributed by atoms with Crippen molar-refractivity contribution >= 4 is 36.9 Å². The number of piperazine rings is 1. The van der Waals surface area contributed by atoms with Gasteiger partial charge in [-0.15, -0.1) is 20.7 Å². The molecule has 2 aliphatic rings. The van der Waals surface area contributed by atoms with Crippen molar-refractivity contribution in [2.75, 3.05) is 57.8 Å². The molecule has 0 bridgehead atoms. The van der Waals surface area contributed by atoms with Crippen LogP contribution in [-0.2, 0) is 29.4 Å². The van der Waals surface area contributed by atoms with Gasteiger partial charge in [0.25, 0.3) is 0 Å². The van der Waals surface area contributed by atoms with E-state index in [1.807, 2.05) is 13.0 Å². The molecule has 1 saturated heterocycles. The SMILES string of the molecule is CCOOP(=O)(CCN1CCN(C2=CC=NC(C)(c3nc(N)c(C(=O)O)s3)N2)CC1)OOCC. The van der Waals surface area contributed by atoms with Gasteiger partial charge in [0.2, 0.25) is 0 Å². The number of rotatable bonds is 12. The molecule has 4 N–H and O–H groups in total. The zero-order valence-electron chi connectivity index (χ0n) is 19.4. The molecular formula is C19H31N6O7PS. The van der Waals surface area contributed by atoms with Gasteiger partial charge in [0.15, 0.2) is 10.5 Å². The van der Waals surface area contributed by atoms with Crippen LogP contribution in [0, 0.1) is 0 Å². The topological polar surface area (TPSA) is 161 Å². The second-order valence-electron chi connectivity index (χ2n) is 7.69. The maximum absolute atomic E-state index is 12.7. The molecule has 3 heterocycles. The number of aromatic nitrogens is 1. The average molecular weight is 519 g/mol. The first-order valence-electron chi connectivity index (χ1n) is 10.9. The summed E-state index contributed by atoms with van der Waals surface area (Å²) in [6, 6.07) is 0. The number of nitrogens with one attached hydrogen (secondary N) is 1. The van der Waals surface area contributed by atoms with Gasteiger partial charge >= 0.3 is 13.6 Å². The largest absolute Gasteiger partial charge is 0.477 e. The highest BCUT2D eigenvalue weighted by Crippen LogP contribution is 2.48. The summed E-state index contributed by atoms with van der Waals surface area (Å²) in [7, 11) is -3.52. The summed E-state index contributed by atoms with van der Waals surface area (Å²) in [5.74, 6) is -0.276. The molecule has 0 amide bonds. The summed E-state index contributed by atoms with van der Waals surface area (Å²) in [6.45, 7) is 9.13. The van der Waals surface area contributed by atoms with Crippen LogP contribution in [-0.4, -0.2) is 84.2 Å². The number of allylic oxidation sites excluding steroid dienone is 1.